The summed E-state index contributed by atoms with van der Waals surface area (Å²) >= 11 is 0. The smallest absolute Gasteiger partial charge is 0.337 e. The molecule has 5 aliphatic rings. The highest BCUT2D eigenvalue weighted by atomic mass is 16.8. The molecular formula is C28H42O15. The molecule has 5 rings (SSSR count). The predicted molar refractivity (Wildman–Crippen MR) is 141 cm³/mol. The van der Waals surface area contributed by atoms with Crippen molar-refractivity contribution in [2.75, 3.05) is 20.8 Å². The van der Waals surface area contributed by atoms with Crippen molar-refractivity contribution in [2.45, 2.75) is 82.2 Å². The van der Waals surface area contributed by atoms with Gasteiger partial charge in [-0.1, -0.05) is 13.8 Å². The second-order valence-electron chi connectivity index (χ2n) is 11.7. The maximum Gasteiger partial charge on any atom is 0.337 e. The summed E-state index contributed by atoms with van der Waals surface area (Å²) in [5.74, 6) is -2.60. The third-order valence-corrected chi connectivity index (χ3v) is 9.41. The zero-order valence-electron chi connectivity index (χ0n) is 24.3. The molecule has 7 N–H and O–H groups in total. The van der Waals surface area contributed by atoms with E-state index in [1.54, 1.807) is 6.92 Å². The van der Waals surface area contributed by atoms with E-state index < -0.39 is 80.0 Å². The zero-order chi connectivity index (χ0) is 31.7. The molecule has 0 spiro atoms. The summed E-state index contributed by atoms with van der Waals surface area (Å²) < 4.78 is 31.0. The summed E-state index contributed by atoms with van der Waals surface area (Å²) in [6, 6.07) is 0. The Morgan fingerprint density at radius 3 is 1.81 bits per heavy atom. The van der Waals surface area contributed by atoms with Crippen molar-refractivity contribution < 1.29 is 73.8 Å². The highest BCUT2D eigenvalue weighted by Crippen LogP contribution is 2.48. The van der Waals surface area contributed by atoms with E-state index in [-0.39, 0.29) is 29.6 Å². The predicted octanol–water partition coefficient (Wildman–Crippen LogP) is -2.13. The fraction of sp³-hybridized carbons (Fsp3) is 0.786. The largest absolute Gasteiger partial charge is 0.472 e. The molecule has 2 saturated carbocycles. The van der Waals surface area contributed by atoms with Crippen LogP contribution in [0.25, 0.3) is 0 Å². The van der Waals surface area contributed by atoms with Crippen LogP contribution in [0.15, 0.2) is 23.7 Å². The first-order valence-electron chi connectivity index (χ1n) is 14.2. The molecule has 15 heteroatoms. The minimum absolute atomic E-state index is 0.0895. The highest BCUT2D eigenvalue weighted by molar-refractivity contribution is 5.89. The molecule has 0 aromatic rings. The molecule has 0 amide bonds. The topological polar surface area (TPSA) is 231 Å². The van der Waals surface area contributed by atoms with Gasteiger partial charge in [0, 0.05) is 23.7 Å². The molecule has 0 unspecified atom stereocenters. The molecule has 0 bridgehead atoms. The number of fused-ring (bicyclic) bond motifs is 2. The molecule has 0 aromatic carbocycles. The summed E-state index contributed by atoms with van der Waals surface area (Å²) in [5, 5.41) is 68.9. The van der Waals surface area contributed by atoms with Crippen molar-refractivity contribution in [3.8, 4) is 0 Å². The Morgan fingerprint density at radius 2 is 1.28 bits per heavy atom. The van der Waals surface area contributed by atoms with Crippen molar-refractivity contribution in [1.29, 1.82) is 0 Å². The van der Waals surface area contributed by atoms with Crippen LogP contribution in [0.3, 0.4) is 0 Å². The van der Waals surface area contributed by atoms with E-state index in [9.17, 15) is 45.3 Å². The number of carbonyl (C=O) groups is 2. The van der Waals surface area contributed by atoms with Crippen molar-refractivity contribution in [1.82, 2.24) is 0 Å². The Morgan fingerprint density at radius 1 is 0.767 bits per heavy atom. The lowest BCUT2D eigenvalue weighted by Crippen LogP contribution is -2.60. The van der Waals surface area contributed by atoms with Gasteiger partial charge in [0.2, 0.25) is 6.29 Å². The molecule has 15 atom stereocenters. The van der Waals surface area contributed by atoms with Crippen LogP contribution in [-0.2, 0) is 38.0 Å². The van der Waals surface area contributed by atoms with E-state index in [1.807, 2.05) is 6.92 Å². The number of aliphatic hydroxyl groups excluding tert-OH is 7. The van der Waals surface area contributed by atoms with Crippen LogP contribution in [0, 0.1) is 35.5 Å². The summed E-state index contributed by atoms with van der Waals surface area (Å²) in [5.41, 5.74) is 0.695. The van der Waals surface area contributed by atoms with Gasteiger partial charge in [-0.15, -0.1) is 0 Å². The molecule has 15 nitrogen and oxygen atoms in total. The number of ether oxygens (including phenoxy) is 6. The molecular weight excluding hydrogens is 576 g/mol. The van der Waals surface area contributed by atoms with Gasteiger partial charge in [-0.05, 0) is 24.7 Å². The summed E-state index contributed by atoms with van der Waals surface area (Å²) in [6.07, 6.45) is -7.00. The second-order valence-corrected chi connectivity index (χ2v) is 11.7. The average molecular weight is 619 g/mol. The van der Waals surface area contributed by atoms with Crippen LogP contribution in [0.4, 0.5) is 0 Å². The Balaban J connectivity index is 0.000000225. The third kappa shape index (κ3) is 6.41. The fourth-order valence-corrected chi connectivity index (χ4v) is 6.78. The van der Waals surface area contributed by atoms with E-state index >= 15 is 0 Å². The van der Waals surface area contributed by atoms with Crippen LogP contribution in [0.2, 0.25) is 0 Å². The highest BCUT2D eigenvalue weighted by Gasteiger charge is 2.53. The van der Waals surface area contributed by atoms with Gasteiger partial charge in [-0.3, -0.25) is 0 Å². The summed E-state index contributed by atoms with van der Waals surface area (Å²) in [6.45, 7) is 3.06. The number of rotatable bonds is 5. The quantitative estimate of drug-likeness (QED) is 0.163. The van der Waals surface area contributed by atoms with Crippen LogP contribution in [0.1, 0.15) is 26.7 Å². The monoisotopic (exact) mass is 618 g/mol. The summed E-state index contributed by atoms with van der Waals surface area (Å²) in [7, 11) is 2.56. The Kier molecular flexibility index (Phi) is 10.7. The van der Waals surface area contributed by atoms with Gasteiger partial charge in [0.1, 0.15) is 24.4 Å². The maximum atomic E-state index is 12.0. The van der Waals surface area contributed by atoms with E-state index in [1.165, 1.54) is 26.7 Å². The van der Waals surface area contributed by atoms with Crippen molar-refractivity contribution in [2.24, 2.45) is 35.5 Å². The van der Waals surface area contributed by atoms with Crippen molar-refractivity contribution >= 4 is 11.9 Å². The van der Waals surface area contributed by atoms with Gasteiger partial charge in [0.05, 0.1) is 56.7 Å². The van der Waals surface area contributed by atoms with Gasteiger partial charge >= 0.3 is 11.9 Å². The number of carbonyl (C=O) groups excluding carboxylic acids is 2. The first kappa shape index (κ1) is 33.6. The Labute approximate surface area is 248 Å². The Bertz CT molecular complexity index is 1060. The lowest BCUT2D eigenvalue weighted by atomic mass is 9.83. The molecule has 0 aromatic heterocycles. The third-order valence-electron chi connectivity index (χ3n) is 9.41. The van der Waals surface area contributed by atoms with Crippen molar-refractivity contribution in [3.05, 3.63) is 23.7 Å². The Hall–Kier alpha value is -2.34. The van der Waals surface area contributed by atoms with E-state index in [4.69, 9.17) is 23.7 Å². The first-order chi connectivity index (χ1) is 20.4. The molecule has 244 valence electrons. The molecule has 3 heterocycles. The van der Waals surface area contributed by atoms with Crippen molar-refractivity contribution in [3.63, 3.8) is 0 Å². The molecule has 0 radical (unpaired) electrons. The van der Waals surface area contributed by atoms with Gasteiger partial charge in [-0.25, -0.2) is 9.59 Å². The zero-order valence-corrected chi connectivity index (χ0v) is 24.3. The lowest BCUT2D eigenvalue weighted by Gasteiger charge is -2.43. The minimum Gasteiger partial charge on any atom is -0.472 e. The number of aliphatic hydroxyl groups is 7. The SMILES string of the molecule is COC(=O)C1=CO[C@@H](O)[C@@H]2[C@@H](C)[C@@H](O)C[C@H]12.COC(=O)C1=CO[C@@H](O[C@@H]2O[C@H](CO)[C@@H](O)[C@H](O)[C@H]2O)[C@@H]2[C@@H](C)[C@@H](O)C[C@H]12. The minimum atomic E-state index is -1.58. The number of hydrogen-bond acceptors (Lipinski definition) is 15. The van der Waals surface area contributed by atoms with Gasteiger partial charge in [-0.2, -0.15) is 0 Å². The van der Waals surface area contributed by atoms with Crippen LogP contribution < -0.4 is 0 Å². The average Bonchev–Trinajstić information content (AvgIpc) is 3.47. The van der Waals surface area contributed by atoms with Crippen LogP contribution >= 0.6 is 0 Å². The first-order valence-corrected chi connectivity index (χ1v) is 14.2. The second kappa shape index (κ2) is 13.7. The van der Waals surface area contributed by atoms with Crippen LogP contribution in [-0.4, -0.2) is 124 Å². The number of esters is 2. The van der Waals surface area contributed by atoms with Gasteiger partial charge in [0.15, 0.2) is 12.6 Å². The molecule has 3 fully saturated rings. The fourth-order valence-electron chi connectivity index (χ4n) is 6.78. The van der Waals surface area contributed by atoms with E-state index in [0.29, 0.717) is 24.0 Å². The molecule has 1 saturated heterocycles. The van der Waals surface area contributed by atoms with Gasteiger partial charge in [0.25, 0.3) is 0 Å². The normalized spacial score (nSPS) is 45.1. The summed E-state index contributed by atoms with van der Waals surface area (Å²) in [4.78, 5) is 23.5. The maximum absolute atomic E-state index is 12.0. The lowest BCUT2D eigenvalue weighted by molar-refractivity contribution is -0.342. The van der Waals surface area contributed by atoms with Gasteiger partial charge < -0.3 is 64.2 Å². The number of hydrogen-bond donors (Lipinski definition) is 7. The standard InChI is InChI=1S/C17H26O10.C11H16O5/c1-6-9(19)3-7-8(15(23)24-2)5-25-16(11(6)7)27-17-14(22)13(21)12(20)10(4-18)26-17;1-5-8(12)3-6-7(10(13)15-2)4-16-11(14)9(5)6/h5-7,9-14,16-22H,3-4H2,1-2H3;4-6,8-9,11-12,14H,3H2,1-2H3/t6-,7+,9-,10+,11+,12+,13-,14+,16-,17-;5-,6+,8-,9+,11+/m00/s1. The molecule has 43 heavy (non-hydrogen) atoms. The van der Waals surface area contributed by atoms with E-state index in [2.05, 4.69) is 4.74 Å². The van der Waals surface area contributed by atoms with Crippen LogP contribution in [0.5, 0.6) is 0 Å². The van der Waals surface area contributed by atoms with E-state index in [0.717, 1.165) is 0 Å². The molecule has 3 aliphatic heterocycles. The number of methoxy groups -OCH3 is 2. The molecule has 2 aliphatic carbocycles.